The first kappa shape index (κ1) is 19.0. The summed E-state index contributed by atoms with van der Waals surface area (Å²) in [7, 11) is 1.75. The van der Waals surface area contributed by atoms with Crippen molar-refractivity contribution in [3.8, 4) is 0 Å². The van der Waals surface area contributed by atoms with Crippen LogP contribution in [-0.2, 0) is 0 Å². The number of rotatable bonds is 4. The molecule has 0 aromatic rings. The zero-order chi connectivity index (χ0) is 17.7. The van der Waals surface area contributed by atoms with Gasteiger partial charge in [-0.05, 0) is 36.3 Å². The Morgan fingerprint density at radius 3 is 3.04 bits per heavy atom. The van der Waals surface area contributed by atoms with E-state index in [1.54, 1.807) is 12.5 Å². The van der Waals surface area contributed by atoms with Gasteiger partial charge in [-0.3, -0.25) is 15.0 Å². The van der Waals surface area contributed by atoms with Crippen LogP contribution in [0.25, 0.3) is 0 Å². The predicted octanol–water partition coefficient (Wildman–Crippen LogP) is 3.92. The van der Waals surface area contributed by atoms with Crippen molar-refractivity contribution in [3.63, 3.8) is 0 Å². The summed E-state index contributed by atoms with van der Waals surface area (Å²) in [5.41, 5.74) is 2.30. The largest absolute Gasteiger partial charge is 0.326 e. The summed E-state index contributed by atoms with van der Waals surface area (Å²) in [6.45, 7) is 4.41. The fourth-order valence-corrected chi connectivity index (χ4v) is 2.70. The Hall–Kier alpha value is -2.34. The van der Waals surface area contributed by atoms with Crippen molar-refractivity contribution in [1.82, 2.24) is 10.6 Å². The van der Waals surface area contributed by atoms with E-state index in [4.69, 9.17) is 0 Å². The molecule has 0 fully saturated rings. The Labute approximate surface area is 154 Å². The second-order valence-corrected chi connectivity index (χ2v) is 6.34. The third-order valence-corrected chi connectivity index (χ3v) is 4.14. The van der Waals surface area contributed by atoms with E-state index >= 15 is 0 Å². The highest BCUT2D eigenvalue weighted by atomic mass is 32.2. The quantitative estimate of drug-likeness (QED) is 0.456. The molecule has 25 heavy (non-hydrogen) atoms. The maximum Gasteiger partial charge on any atom is 0.201 e. The SMILES string of the molecule is C=CSC(=NC/C1=C/CC=CN=CC1)NC(=NC)NC1=CCCC=C1. The summed E-state index contributed by atoms with van der Waals surface area (Å²) in [5.74, 6) is 0.669. The first-order chi connectivity index (χ1) is 12.3. The van der Waals surface area contributed by atoms with Gasteiger partial charge in [0.15, 0.2) is 5.17 Å². The monoisotopic (exact) mass is 355 g/mol. The molecule has 2 N–H and O–H groups in total. The van der Waals surface area contributed by atoms with Crippen molar-refractivity contribution in [2.75, 3.05) is 13.6 Å². The fraction of sp³-hybridized carbons (Fsp3) is 0.316. The van der Waals surface area contributed by atoms with E-state index in [1.165, 1.54) is 17.3 Å². The van der Waals surface area contributed by atoms with Crippen molar-refractivity contribution >= 4 is 29.1 Å². The zero-order valence-electron chi connectivity index (χ0n) is 14.6. The van der Waals surface area contributed by atoms with Crippen LogP contribution in [0.2, 0.25) is 0 Å². The molecule has 0 amide bonds. The second-order valence-electron chi connectivity index (χ2n) is 5.39. The van der Waals surface area contributed by atoms with Crippen molar-refractivity contribution in [1.29, 1.82) is 0 Å². The predicted molar refractivity (Wildman–Crippen MR) is 111 cm³/mol. The molecule has 5 nitrogen and oxygen atoms in total. The van der Waals surface area contributed by atoms with E-state index in [-0.39, 0.29) is 0 Å². The molecule has 0 aromatic heterocycles. The Bertz CT molecular complexity index is 665. The van der Waals surface area contributed by atoms with Gasteiger partial charge in [-0.25, -0.2) is 0 Å². The number of thioether (sulfide) groups is 1. The lowest BCUT2D eigenvalue weighted by atomic mass is 10.1. The van der Waals surface area contributed by atoms with Crippen LogP contribution in [0.1, 0.15) is 25.7 Å². The molecule has 0 radical (unpaired) electrons. The number of aliphatic imine (C=N–C) groups is 3. The summed E-state index contributed by atoms with van der Waals surface area (Å²) in [4.78, 5) is 13.1. The molecular formula is C19H25N5S. The van der Waals surface area contributed by atoms with Gasteiger partial charge >= 0.3 is 0 Å². The van der Waals surface area contributed by atoms with Gasteiger partial charge in [0.05, 0.1) is 6.54 Å². The second kappa shape index (κ2) is 11.3. The standard InChI is InChI=1S/C19H25N5S/c1-3-25-19(22-15-16-9-7-8-13-21-14-12-16)24-18(20-2)23-17-10-5-4-6-11-17/h3,5,8-11,13-14H,1,4,6-7,12,15H2,2H3,(H2,20,22,23,24)/b13-8?,16-9+,21-14?. The molecule has 1 aliphatic carbocycles. The molecule has 0 unspecified atom stereocenters. The van der Waals surface area contributed by atoms with Gasteiger partial charge in [0, 0.05) is 31.6 Å². The van der Waals surface area contributed by atoms with Crippen LogP contribution in [0.15, 0.2) is 74.8 Å². The topological polar surface area (TPSA) is 61.1 Å². The molecule has 0 atom stereocenters. The minimum absolute atomic E-state index is 0.628. The molecule has 2 rings (SSSR count). The van der Waals surface area contributed by atoms with Crippen LogP contribution >= 0.6 is 11.8 Å². The number of hydrogen-bond donors (Lipinski definition) is 2. The first-order valence-corrected chi connectivity index (χ1v) is 9.24. The Kier molecular flexibility index (Phi) is 8.55. The average Bonchev–Trinajstić information content (AvgIpc) is 2.61. The van der Waals surface area contributed by atoms with Gasteiger partial charge in [0.2, 0.25) is 5.96 Å². The van der Waals surface area contributed by atoms with Crippen LogP contribution in [0.4, 0.5) is 0 Å². The first-order valence-electron chi connectivity index (χ1n) is 8.36. The third-order valence-electron chi connectivity index (χ3n) is 3.52. The highest BCUT2D eigenvalue weighted by molar-refractivity contribution is 8.16. The van der Waals surface area contributed by atoms with Crippen LogP contribution in [-0.4, -0.2) is 30.9 Å². The third kappa shape index (κ3) is 7.39. The number of hydrogen-bond acceptors (Lipinski definition) is 4. The van der Waals surface area contributed by atoms with Crippen molar-refractivity contribution in [3.05, 3.63) is 59.8 Å². The highest BCUT2D eigenvalue weighted by Gasteiger charge is 2.06. The summed E-state index contributed by atoms with van der Waals surface area (Å²) in [6, 6.07) is 0. The number of nitrogens with zero attached hydrogens (tertiary/aromatic N) is 3. The molecule has 1 heterocycles. The minimum atomic E-state index is 0.628. The lowest BCUT2D eigenvalue weighted by Gasteiger charge is -2.15. The van der Waals surface area contributed by atoms with Crippen LogP contribution in [0.5, 0.6) is 0 Å². The van der Waals surface area contributed by atoms with E-state index in [0.29, 0.717) is 12.5 Å². The molecule has 0 aromatic carbocycles. The van der Waals surface area contributed by atoms with E-state index in [0.717, 1.165) is 36.5 Å². The van der Waals surface area contributed by atoms with Crippen molar-refractivity contribution < 1.29 is 0 Å². The average molecular weight is 356 g/mol. The Morgan fingerprint density at radius 1 is 1.36 bits per heavy atom. The molecule has 0 saturated carbocycles. The number of allylic oxidation sites excluding steroid dienone is 5. The Morgan fingerprint density at radius 2 is 2.28 bits per heavy atom. The van der Waals surface area contributed by atoms with Crippen molar-refractivity contribution in [2.24, 2.45) is 15.0 Å². The van der Waals surface area contributed by atoms with Crippen LogP contribution < -0.4 is 10.6 Å². The highest BCUT2D eigenvalue weighted by Crippen LogP contribution is 2.10. The van der Waals surface area contributed by atoms with E-state index in [2.05, 4.69) is 56.5 Å². The maximum atomic E-state index is 4.68. The maximum absolute atomic E-state index is 4.68. The fourth-order valence-electron chi connectivity index (χ4n) is 2.25. The molecule has 0 saturated heterocycles. The molecule has 0 spiro atoms. The zero-order valence-corrected chi connectivity index (χ0v) is 15.4. The Balaban J connectivity index is 1.99. The lowest BCUT2D eigenvalue weighted by Crippen LogP contribution is -2.39. The van der Waals surface area contributed by atoms with Crippen LogP contribution in [0, 0.1) is 0 Å². The minimum Gasteiger partial charge on any atom is -0.326 e. The molecule has 2 aliphatic rings. The molecule has 6 heteroatoms. The van der Waals surface area contributed by atoms with E-state index < -0.39 is 0 Å². The number of guanidine groups is 1. The smallest absolute Gasteiger partial charge is 0.201 e. The van der Waals surface area contributed by atoms with Gasteiger partial charge in [-0.2, -0.15) is 0 Å². The van der Waals surface area contributed by atoms with Crippen molar-refractivity contribution in [2.45, 2.75) is 25.7 Å². The lowest BCUT2D eigenvalue weighted by molar-refractivity contribution is 0.970. The number of amidine groups is 1. The van der Waals surface area contributed by atoms with Gasteiger partial charge in [0.1, 0.15) is 0 Å². The van der Waals surface area contributed by atoms with E-state index in [1.807, 2.05) is 18.5 Å². The summed E-state index contributed by atoms with van der Waals surface area (Å²) >= 11 is 1.45. The van der Waals surface area contributed by atoms with Crippen LogP contribution in [0.3, 0.4) is 0 Å². The molecule has 132 valence electrons. The van der Waals surface area contributed by atoms with Gasteiger partial charge in [-0.1, -0.05) is 42.6 Å². The van der Waals surface area contributed by atoms with Gasteiger partial charge in [0.25, 0.3) is 0 Å². The molecule has 0 bridgehead atoms. The summed E-state index contributed by atoms with van der Waals surface area (Å²) in [5, 5.41) is 9.06. The summed E-state index contributed by atoms with van der Waals surface area (Å²) < 4.78 is 0. The molecular weight excluding hydrogens is 330 g/mol. The van der Waals surface area contributed by atoms with E-state index in [9.17, 15) is 0 Å². The summed E-state index contributed by atoms with van der Waals surface area (Å²) in [6.07, 6.45) is 18.2. The number of nitrogens with one attached hydrogen (secondary N) is 2. The normalized spacial score (nSPS) is 20.2. The molecule has 1 aliphatic heterocycles. The van der Waals surface area contributed by atoms with Gasteiger partial charge < -0.3 is 10.6 Å². The van der Waals surface area contributed by atoms with Gasteiger partial charge in [-0.15, -0.1) is 0 Å².